The number of carbonyl (C=O) groups is 1. The minimum Gasteiger partial charge on any atom is -0.497 e. The van der Waals surface area contributed by atoms with Crippen LogP contribution in [0.4, 0.5) is 5.69 Å². The Hall–Kier alpha value is -3.60. The van der Waals surface area contributed by atoms with Crippen molar-refractivity contribution in [3.63, 3.8) is 0 Å². The number of anilines is 1. The number of thioether (sulfide) groups is 1. The van der Waals surface area contributed by atoms with Gasteiger partial charge in [-0.15, -0.1) is 10.2 Å². The highest BCUT2D eigenvalue weighted by atomic mass is 32.2. The molecule has 0 saturated heterocycles. The average molecular weight is 461 g/mol. The lowest BCUT2D eigenvalue weighted by molar-refractivity contribution is -0.113. The Morgan fingerprint density at radius 2 is 1.50 bits per heavy atom. The van der Waals surface area contributed by atoms with Crippen molar-refractivity contribution in [2.24, 2.45) is 0 Å². The first-order chi connectivity index (χ1) is 15.5. The van der Waals surface area contributed by atoms with Crippen molar-refractivity contribution in [1.29, 1.82) is 0 Å². The molecule has 0 aliphatic heterocycles. The predicted molar refractivity (Wildman–Crippen MR) is 118 cm³/mol. The molecule has 0 radical (unpaired) electrons. The Balaban J connectivity index is 1.68. The fourth-order valence-corrected chi connectivity index (χ4v) is 3.36. The summed E-state index contributed by atoms with van der Waals surface area (Å²) in [6.07, 6.45) is 0. The Kier molecular flexibility index (Phi) is 7.66. The largest absolute Gasteiger partial charge is 0.497 e. The van der Waals surface area contributed by atoms with Crippen molar-refractivity contribution in [2.45, 2.75) is 5.22 Å². The number of benzene rings is 2. The second kappa shape index (κ2) is 10.6. The minimum atomic E-state index is -0.252. The van der Waals surface area contributed by atoms with E-state index >= 15 is 0 Å². The number of methoxy groups -OCH3 is 5. The third-order valence-electron chi connectivity index (χ3n) is 4.28. The summed E-state index contributed by atoms with van der Waals surface area (Å²) in [7, 11) is 7.64. The van der Waals surface area contributed by atoms with E-state index in [-0.39, 0.29) is 22.8 Å². The molecule has 0 aliphatic rings. The normalized spacial score (nSPS) is 10.4. The van der Waals surface area contributed by atoms with Crippen LogP contribution in [0.5, 0.6) is 28.7 Å². The summed E-state index contributed by atoms with van der Waals surface area (Å²) in [4.78, 5) is 12.3. The van der Waals surface area contributed by atoms with Gasteiger partial charge in [0.1, 0.15) is 11.5 Å². The molecule has 3 rings (SSSR count). The standard InChI is InChI=1S/C21H23N3O7S/c1-26-14-8-13(9-15(10-14)27-2)22-18(25)11-32-21-24-23-20(31-21)12-6-16(28-3)19(30-5)17(7-12)29-4/h6-10H,11H2,1-5H3,(H,22,25). The lowest BCUT2D eigenvalue weighted by Gasteiger charge is -2.12. The summed E-state index contributed by atoms with van der Waals surface area (Å²) in [6, 6.07) is 8.51. The summed E-state index contributed by atoms with van der Waals surface area (Å²) in [5.41, 5.74) is 1.14. The topological polar surface area (TPSA) is 114 Å². The number of rotatable bonds is 10. The van der Waals surface area contributed by atoms with Crippen molar-refractivity contribution in [2.75, 3.05) is 46.6 Å². The number of hydrogen-bond donors (Lipinski definition) is 1. The van der Waals surface area contributed by atoms with E-state index in [1.807, 2.05) is 0 Å². The molecule has 10 nitrogen and oxygen atoms in total. The number of hydrogen-bond acceptors (Lipinski definition) is 10. The third-order valence-corrected chi connectivity index (χ3v) is 5.10. The molecule has 1 amide bonds. The average Bonchev–Trinajstić information content (AvgIpc) is 3.30. The molecule has 0 aliphatic carbocycles. The summed E-state index contributed by atoms with van der Waals surface area (Å²) < 4.78 is 32.1. The molecule has 11 heteroatoms. The van der Waals surface area contributed by atoms with Gasteiger partial charge in [-0.3, -0.25) is 4.79 Å². The molecular weight excluding hydrogens is 438 g/mol. The molecular formula is C21H23N3O7S. The van der Waals surface area contributed by atoms with Gasteiger partial charge in [-0.2, -0.15) is 0 Å². The van der Waals surface area contributed by atoms with Crippen LogP contribution in [0, 0.1) is 0 Å². The van der Waals surface area contributed by atoms with Gasteiger partial charge in [-0.1, -0.05) is 11.8 Å². The van der Waals surface area contributed by atoms with Crippen LogP contribution in [0.1, 0.15) is 0 Å². The van der Waals surface area contributed by atoms with E-state index in [2.05, 4.69) is 15.5 Å². The highest BCUT2D eigenvalue weighted by Gasteiger charge is 2.18. The van der Waals surface area contributed by atoms with Gasteiger partial charge in [0.2, 0.25) is 17.5 Å². The van der Waals surface area contributed by atoms with Crippen molar-refractivity contribution < 1.29 is 32.9 Å². The van der Waals surface area contributed by atoms with Crippen LogP contribution in [0.25, 0.3) is 11.5 Å². The van der Waals surface area contributed by atoms with Crippen LogP contribution in [0.15, 0.2) is 40.0 Å². The molecule has 2 aromatic carbocycles. The highest BCUT2D eigenvalue weighted by Crippen LogP contribution is 2.41. The lowest BCUT2D eigenvalue weighted by atomic mass is 10.2. The molecule has 0 saturated carbocycles. The summed E-state index contributed by atoms with van der Waals surface area (Å²) in [5, 5.41) is 11.1. The summed E-state index contributed by atoms with van der Waals surface area (Å²) >= 11 is 1.11. The smallest absolute Gasteiger partial charge is 0.277 e. The maximum Gasteiger partial charge on any atom is 0.277 e. The maximum absolute atomic E-state index is 12.3. The van der Waals surface area contributed by atoms with E-state index in [0.717, 1.165) is 11.8 Å². The van der Waals surface area contributed by atoms with E-state index < -0.39 is 0 Å². The van der Waals surface area contributed by atoms with E-state index in [4.69, 9.17) is 28.1 Å². The van der Waals surface area contributed by atoms with E-state index in [1.165, 1.54) is 35.5 Å². The predicted octanol–water partition coefficient (Wildman–Crippen LogP) is 3.51. The Morgan fingerprint density at radius 1 is 0.875 bits per heavy atom. The number of carbonyl (C=O) groups excluding carboxylic acids is 1. The van der Waals surface area contributed by atoms with Gasteiger partial charge in [0, 0.05) is 29.4 Å². The Labute approximate surface area is 189 Å². The number of amides is 1. The molecule has 0 fully saturated rings. The molecule has 0 spiro atoms. The van der Waals surface area contributed by atoms with Gasteiger partial charge in [0.25, 0.3) is 5.22 Å². The molecule has 1 N–H and O–H groups in total. The van der Waals surface area contributed by atoms with E-state index in [1.54, 1.807) is 30.3 Å². The maximum atomic E-state index is 12.3. The van der Waals surface area contributed by atoms with Crippen LogP contribution in [-0.4, -0.2) is 57.4 Å². The van der Waals surface area contributed by atoms with Gasteiger partial charge in [0.05, 0.1) is 41.3 Å². The van der Waals surface area contributed by atoms with E-state index in [9.17, 15) is 4.79 Å². The van der Waals surface area contributed by atoms with Crippen LogP contribution < -0.4 is 29.0 Å². The fraction of sp³-hybridized carbons (Fsp3) is 0.286. The molecule has 3 aromatic rings. The van der Waals surface area contributed by atoms with Crippen LogP contribution in [0.3, 0.4) is 0 Å². The number of aromatic nitrogens is 2. The first kappa shape index (κ1) is 23.1. The van der Waals surface area contributed by atoms with Crippen molar-refractivity contribution in [1.82, 2.24) is 10.2 Å². The number of nitrogens with zero attached hydrogens (tertiary/aromatic N) is 2. The zero-order chi connectivity index (χ0) is 23.1. The van der Waals surface area contributed by atoms with Crippen LogP contribution >= 0.6 is 11.8 Å². The summed E-state index contributed by atoms with van der Waals surface area (Å²) in [5.74, 6) is 2.58. The second-order valence-corrected chi connectivity index (χ2v) is 7.15. The van der Waals surface area contributed by atoms with Gasteiger partial charge in [0.15, 0.2) is 11.5 Å². The first-order valence-electron chi connectivity index (χ1n) is 9.30. The molecule has 32 heavy (non-hydrogen) atoms. The van der Waals surface area contributed by atoms with Crippen molar-refractivity contribution in [3.8, 4) is 40.2 Å². The molecule has 1 aromatic heterocycles. The Bertz CT molecular complexity index is 1040. The number of nitrogens with one attached hydrogen (secondary N) is 1. The first-order valence-corrected chi connectivity index (χ1v) is 10.3. The van der Waals surface area contributed by atoms with Gasteiger partial charge < -0.3 is 33.4 Å². The van der Waals surface area contributed by atoms with Gasteiger partial charge in [-0.05, 0) is 12.1 Å². The second-order valence-electron chi connectivity index (χ2n) is 6.23. The monoisotopic (exact) mass is 461 g/mol. The number of ether oxygens (including phenoxy) is 5. The minimum absolute atomic E-state index is 0.0659. The molecule has 0 atom stereocenters. The zero-order valence-electron chi connectivity index (χ0n) is 18.3. The summed E-state index contributed by atoms with van der Waals surface area (Å²) in [6.45, 7) is 0. The molecule has 1 heterocycles. The quantitative estimate of drug-likeness (QED) is 0.450. The SMILES string of the molecule is COc1cc(NC(=O)CSc2nnc(-c3cc(OC)c(OC)c(OC)c3)o2)cc(OC)c1. The van der Waals surface area contributed by atoms with Crippen molar-refractivity contribution >= 4 is 23.4 Å². The molecule has 0 bridgehead atoms. The third kappa shape index (κ3) is 5.35. The Morgan fingerprint density at radius 3 is 2.03 bits per heavy atom. The molecule has 0 unspecified atom stereocenters. The molecule has 170 valence electrons. The van der Waals surface area contributed by atoms with Crippen LogP contribution in [0.2, 0.25) is 0 Å². The van der Waals surface area contributed by atoms with Crippen LogP contribution in [-0.2, 0) is 4.79 Å². The highest BCUT2D eigenvalue weighted by molar-refractivity contribution is 7.99. The van der Waals surface area contributed by atoms with Gasteiger partial charge >= 0.3 is 0 Å². The van der Waals surface area contributed by atoms with Gasteiger partial charge in [-0.25, -0.2) is 0 Å². The fourth-order valence-electron chi connectivity index (χ4n) is 2.79. The van der Waals surface area contributed by atoms with E-state index in [0.29, 0.717) is 40.0 Å². The lowest BCUT2D eigenvalue weighted by Crippen LogP contribution is -2.14. The zero-order valence-corrected chi connectivity index (χ0v) is 19.1. The van der Waals surface area contributed by atoms with Crippen molar-refractivity contribution in [3.05, 3.63) is 30.3 Å².